The highest BCUT2D eigenvalue weighted by Crippen LogP contribution is 2.39. The number of amides is 2. The van der Waals surface area contributed by atoms with Crippen molar-refractivity contribution in [1.82, 2.24) is 14.7 Å². The molecule has 1 N–H and O–H groups in total. The fourth-order valence-electron chi connectivity index (χ4n) is 11.0. The van der Waals surface area contributed by atoms with Crippen molar-refractivity contribution in [2.75, 3.05) is 45.6 Å². The van der Waals surface area contributed by atoms with Crippen molar-refractivity contribution in [2.24, 2.45) is 0 Å². The SMILES string of the molecule is C.CCOC(=O)c1ccc2c(c1C)CCN(C(=O)OC(C)(C)C)C2.Cc1c(CO)ccc2c1CCN(C)C2.Cc1ccc2c(c1C)CCN(C(=O)OC(C)(C)C)C2.c1ccc(P(CCCP(c2ccccc2)c2ccccc2)c2ccccc2)cc1. The molecule has 0 aromatic heterocycles. The number of nitrogens with zero attached hydrogens (tertiary/aromatic N) is 3. The Kier molecular flexibility index (Phi) is 25.7. The Hall–Kier alpha value is -6.67. The van der Waals surface area contributed by atoms with Gasteiger partial charge in [0.15, 0.2) is 0 Å². The number of carbonyl (C=O) groups is 3. The number of hydrogen-bond acceptors (Lipinski definition) is 8. The minimum atomic E-state index is -0.499. The third kappa shape index (κ3) is 19.4. The van der Waals surface area contributed by atoms with Crippen LogP contribution in [-0.2, 0) is 59.7 Å². The second kappa shape index (κ2) is 32.4. The van der Waals surface area contributed by atoms with Crippen molar-refractivity contribution in [3.8, 4) is 0 Å². The molecule has 0 aliphatic carbocycles. The highest BCUT2D eigenvalue weighted by atomic mass is 31.1. The van der Waals surface area contributed by atoms with Gasteiger partial charge in [-0.05, 0) is 226 Å². The van der Waals surface area contributed by atoms with E-state index in [1.807, 2.05) is 60.6 Å². The van der Waals surface area contributed by atoms with E-state index >= 15 is 0 Å². The van der Waals surface area contributed by atoms with Crippen LogP contribution in [-0.4, -0.2) is 94.8 Å². The van der Waals surface area contributed by atoms with Crippen molar-refractivity contribution >= 4 is 55.2 Å². The first kappa shape index (κ1) is 68.4. The van der Waals surface area contributed by atoms with E-state index in [2.05, 4.69) is 172 Å². The highest BCUT2D eigenvalue weighted by Gasteiger charge is 2.29. The summed E-state index contributed by atoms with van der Waals surface area (Å²) in [4.78, 5) is 42.1. The lowest BCUT2D eigenvalue weighted by molar-refractivity contribution is 0.0213. The highest BCUT2D eigenvalue weighted by molar-refractivity contribution is 7.74. The Morgan fingerprint density at radius 1 is 0.500 bits per heavy atom. The molecule has 3 aliphatic heterocycles. The summed E-state index contributed by atoms with van der Waals surface area (Å²) < 4.78 is 16.0. The molecule has 2 amide bonds. The van der Waals surface area contributed by atoms with Crippen LogP contribution in [0.3, 0.4) is 0 Å². The number of aryl methyl sites for hydroxylation is 1. The van der Waals surface area contributed by atoms with E-state index in [-0.39, 0.29) is 48.0 Å². The largest absolute Gasteiger partial charge is 0.462 e. The van der Waals surface area contributed by atoms with Crippen LogP contribution in [0.25, 0.3) is 0 Å². The lowest BCUT2D eigenvalue weighted by atomic mass is 9.92. The van der Waals surface area contributed by atoms with E-state index in [0.717, 1.165) is 54.7 Å². The average Bonchev–Trinajstić information content (AvgIpc) is 1.31. The molecule has 0 radical (unpaired) electrons. The van der Waals surface area contributed by atoms with Crippen LogP contribution in [0, 0.1) is 27.7 Å². The maximum atomic E-state index is 12.2. The number of fused-ring (bicyclic) bond motifs is 3. The first-order valence-corrected chi connectivity index (χ1v) is 33.2. The van der Waals surface area contributed by atoms with Gasteiger partial charge in [-0.15, -0.1) is 0 Å². The molecule has 10 nitrogen and oxygen atoms in total. The van der Waals surface area contributed by atoms with Crippen molar-refractivity contribution in [2.45, 2.75) is 147 Å². The minimum Gasteiger partial charge on any atom is -0.462 e. The van der Waals surface area contributed by atoms with Crippen LogP contribution in [0.2, 0.25) is 0 Å². The molecular weight excluding hydrogens is 1100 g/mol. The zero-order chi connectivity index (χ0) is 61.3. The molecule has 0 spiro atoms. The number of likely N-dealkylation sites (N-methyl/N-ethyl adjacent to an activating group) is 1. The average molecular weight is 1200 g/mol. The van der Waals surface area contributed by atoms with Crippen LogP contribution in [0.5, 0.6) is 0 Å². The molecule has 458 valence electrons. The summed E-state index contributed by atoms with van der Waals surface area (Å²) in [6, 6.07) is 56.4. The van der Waals surface area contributed by atoms with Gasteiger partial charge < -0.3 is 34.0 Å². The Morgan fingerprint density at radius 2 is 0.884 bits per heavy atom. The normalized spacial score (nSPS) is 13.6. The predicted molar refractivity (Wildman–Crippen MR) is 360 cm³/mol. The first-order chi connectivity index (χ1) is 40.6. The molecular formula is C74H95N3O7P2. The first-order valence-electron chi connectivity index (χ1n) is 30.1. The number of aliphatic hydroxyl groups excluding tert-OH is 1. The Labute approximate surface area is 517 Å². The van der Waals surface area contributed by atoms with Crippen LogP contribution in [0.4, 0.5) is 9.59 Å². The molecule has 0 bridgehead atoms. The van der Waals surface area contributed by atoms with E-state index in [1.165, 1.54) is 78.9 Å². The molecule has 0 fully saturated rings. The summed E-state index contributed by atoms with van der Waals surface area (Å²) in [7, 11) is 1.53. The zero-order valence-corrected chi connectivity index (χ0v) is 54.3. The summed E-state index contributed by atoms with van der Waals surface area (Å²) >= 11 is 0. The van der Waals surface area contributed by atoms with Gasteiger partial charge in [0.05, 0.1) is 18.8 Å². The van der Waals surface area contributed by atoms with Crippen LogP contribution in [0.15, 0.2) is 158 Å². The van der Waals surface area contributed by atoms with Gasteiger partial charge in [0, 0.05) is 39.3 Å². The third-order valence-electron chi connectivity index (χ3n) is 15.6. The second-order valence-electron chi connectivity index (χ2n) is 24.2. The van der Waals surface area contributed by atoms with Gasteiger partial charge in [0.25, 0.3) is 0 Å². The standard InChI is InChI=1S/C27H26P2.C18H25NO4.C16H23NO2.C12H17NO.CH4/c1-5-14-24(15-6-1)28(25-16-7-2-8-17-25)22-13-23-29(26-18-9-3-10-19-26)27-20-11-4-12-21-27;1-6-22-16(20)15-8-7-13-11-19(10-9-14(13)12(15)2)17(21)23-18(3,4)5;1-11-6-7-13-10-17(9-8-14(13)12(11)2)15(18)19-16(3,4)5;1-9-11(8-14)4-3-10-7-13(2)6-5-12(9)10;/h1-12,14-21H,13,22-23H2;7-8H,6,9-11H2,1-5H3;6-7H,8-10H2,1-5H3;3-4,14H,5-8H2,1-2H3;1H4. The number of esters is 1. The fraction of sp³-hybridized carbons (Fsp3) is 0.392. The molecule has 3 aliphatic rings. The minimum absolute atomic E-state index is 0. The molecule has 12 heteroatoms. The molecule has 0 saturated carbocycles. The fourth-order valence-corrected chi connectivity index (χ4v) is 16.0. The number of aliphatic hydroxyl groups is 1. The molecule has 0 unspecified atom stereocenters. The summed E-state index contributed by atoms with van der Waals surface area (Å²) in [5, 5.41) is 15.1. The van der Waals surface area contributed by atoms with Crippen LogP contribution in [0.1, 0.15) is 134 Å². The summed E-state index contributed by atoms with van der Waals surface area (Å²) in [6.45, 7) is 26.6. The number of hydrogen-bond donors (Lipinski definition) is 1. The predicted octanol–water partition coefficient (Wildman–Crippen LogP) is 14.8. The van der Waals surface area contributed by atoms with Crippen LogP contribution >= 0.6 is 15.8 Å². The molecule has 7 aromatic carbocycles. The summed E-state index contributed by atoms with van der Waals surface area (Å²) in [5.74, 6) is -0.289. The van der Waals surface area contributed by atoms with E-state index in [4.69, 9.17) is 19.3 Å². The van der Waals surface area contributed by atoms with Crippen molar-refractivity contribution in [3.05, 3.63) is 224 Å². The van der Waals surface area contributed by atoms with E-state index in [9.17, 15) is 14.4 Å². The molecule has 7 aromatic rings. The maximum absolute atomic E-state index is 12.2. The van der Waals surface area contributed by atoms with E-state index in [0.29, 0.717) is 38.2 Å². The van der Waals surface area contributed by atoms with Gasteiger partial charge in [-0.3, -0.25) is 0 Å². The van der Waals surface area contributed by atoms with Gasteiger partial charge in [-0.2, -0.15) is 0 Å². The number of benzene rings is 7. The van der Waals surface area contributed by atoms with Gasteiger partial charge in [-0.25, -0.2) is 14.4 Å². The lowest BCUT2D eigenvalue weighted by Gasteiger charge is -2.32. The molecule has 0 atom stereocenters. The van der Waals surface area contributed by atoms with Gasteiger partial charge >= 0.3 is 18.2 Å². The smallest absolute Gasteiger partial charge is 0.410 e. The zero-order valence-electron chi connectivity index (χ0n) is 52.5. The second-order valence-corrected chi connectivity index (χ2v) is 28.8. The number of ether oxygens (including phenoxy) is 3. The molecule has 0 saturated heterocycles. The number of carbonyl (C=O) groups excluding carboxylic acids is 3. The Morgan fingerprint density at radius 3 is 1.30 bits per heavy atom. The molecule has 86 heavy (non-hydrogen) atoms. The van der Waals surface area contributed by atoms with Gasteiger partial charge in [0.1, 0.15) is 11.2 Å². The van der Waals surface area contributed by atoms with Gasteiger partial charge in [0.2, 0.25) is 0 Å². The Bertz CT molecular complexity index is 3130. The van der Waals surface area contributed by atoms with Crippen LogP contribution < -0.4 is 21.2 Å². The summed E-state index contributed by atoms with van der Waals surface area (Å²) in [6.07, 6.45) is 5.96. The monoisotopic (exact) mass is 1200 g/mol. The number of rotatable bonds is 11. The lowest BCUT2D eigenvalue weighted by Crippen LogP contribution is -2.40. The van der Waals surface area contributed by atoms with Crippen molar-refractivity contribution in [1.29, 1.82) is 0 Å². The Balaban J connectivity index is 0.000000188. The summed E-state index contributed by atoms with van der Waals surface area (Å²) in [5.41, 5.74) is 13.4. The molecule has 3 heterocycles. The molecule has 10 rings (SSSR count). The van der Waals surface area contributed by atoms with Crippen molar-refractivity contribution < 1.29 is 33.7 Å². The van der Waals surface area contributed by atoms with E-state index in [1.54, 1.807) is 22.8 Å². The topological polar surface area (TPSA) is 109 Å². The van der Waals surface area contributed by atoms with Gasteiger partial charge in [-0.1, -0.05) is 159 Å². The third-order valence-corrected chi connectivity index (χ3v) is 20.9. The maximum Gasteiger partial charge on any atom is 0.410 e. The quantitative estimate of drug-likeness (QED) is 0.0775. The van der Waals surface area contributed by atoms with Crippen molar-refractivity contribution in [3.63, 3.8) is 0 Å². The van der Waals surface area contributed by atoms with E-state index < -0.39 is 11.2 Å².